The number of nitrogens with zero attached hydrogens (tertiary/aromatic N) is 1. The lowest BCUT2D eigenvalue weighted by Crippen LogP contribution is -2.22. The van der Waals surface area contributed by atoms with E-state index in [4.69, 9.17) is 4.42 Å². The van der Waals surface area contributed by atoms with Crippen molar-refractivity contribution in [2.45, 2.75) is 45.7 Å². The van der Waals surface area contributed by atoms with Gasteiger partial charge in [-0.15, -0.1) is 0 Å². The minimum absolute atomic E-state index is 0.772. The van der Waals surface area contributed by atoms with Crippen molar-refractivity contribution in [3.63, 3.8) is 0 Å². The first-order chi connectivity index (χ1) is 8.24. The van der Waals surface area contributed by atoms with Gasteiger partial charge in [0.2, 0.25) is 5.89 Å². The molecule has 3 aliphatic carbocycles. The second-order valence-electron chi connectivity index (χ2n) is 6.14. The third kappa shape index (κ3) is 1.41. The summed E-state index contributed by atoms with van der Waals surface area (Å²) >= 11 is 0. The number of aryl methyl sites for hydroxylation is 2. The fraction of sp³-hybridized carbons (Fsp3) is 0.786. The molecule has 1 aromatic heterocycles. The number of fused-ring (bicyclic) bond motifs is 5. The zero-order valence-electron chi connectivity index (χ0n) is 10.6. The molecular weight excluding hydrogens is 212 g/mol. The number of hydrogen-bond acceptors (Lipinski definition) is 3. The predicted octanol–water partition coefficient (Wildman–Crippen LogP) is 2.43. The van der Waals surface area contributed by atoms with E-state index in [1.54, 1.807) is 0 Å². The summed E-state index contributed by atoms with van der Waals surface area (Å²) < 4.78 is 5.61. The molecule has 1 heterocycles. The van der Waals surface area contributed by atoms with Crippen LogP contribution >= 0.6 is 0 Å². The normalized spacial score (nSPS) is 41.9. The van der Waals surface area contributed by atoms with Crippen LogP contribution in [0.2, 0.25) is 0 Å². The maximum absolute atomic E-state index is 5.61. The van der Waals surface area contributed by atoms with Crippen LogP contribution in [0.5, 0.6) is 0 Å². The standard InChI is InChI=1S/C14H20N2O/c1-7-8(2)17-11(16-7)6-15-14-12-9-3-4-10(5-9)13(12)14/h9-10,12-15H,3-6H2,1-2H3. The summed E-state index contributed by atoms with van der Waals surface area (Å²) in [6.45, 7) is 4.80. The van der Waals surface area contributed by atoms with Crippen LogP contribution in [0.25, 0.3) is 0 Å². The van der Waals surface area contributed by atoms with E-state index in [1.165, 1.54) is 19.3 Å². The SMILES string of the molecule is Cc1nc(CNC2C3C4CCC(C4)C23)oc1C. The average Bonchev–Trinajstić information content (AvgIpc) is 2.64. The molecule has 0 aromatic carbocycles. The maximum atomic E-state index is 5.61. The fourth-order valence-corrected chi connectivity index (χ4v) is 4.42. The molecule has 17 heavy (non-hydrogen) atoms. The quantitative estimate of drug-likeness (QED) is 0.869. The van der Waals surface area contributed by atoms with E-state index in [1.807, 2.05) is 13.8 Å². The largest absolute Gasteiger partial charge is 0.444 e. The molecule has 92 valence electrons. The zero-order chi connectivity index (χ0) is 11.6. The molecule has 1 N–H and O–H groups in total. The minimum Gasteiger partial charge on any atom is -0.444 e. The molecular formula is C14H20N2O. The molecule has 0 aliphatic heterocycles. The minimum atomic E-state index is 0.772. The van der Waals surface area contributed by atoms with Crippen molar-refractivity contribution in [1.82, 2.24) is 10.3 Å². The van der Waals surface area contributed by atoms with Crippen molar-refractivity contribution in [1.29, 1.82) is 0 Å². The molecule has 4 unspecified atom stereocenters. The van der Waals surface area contributed by atoms with E-state index >= 15 is 0 Å². The van der Waals surface area contributed by atoms with E-state index in [-0.39, 0.29) is 0 Å². The summed E-state index contributed by atoms with van der Waals surface area (Å²) in [5.74, 6) is 5.87. The monoisotopic (exact) mass is 232 g/mol. The lowest BCUT2D eigenvalue weighted by atomic mass is 10.0. The smallest absolute Gasteiger partial charge is 0.208 e. The van der Waals surface area contributed by atoms with Gasteiger partial charge < -0.3 is 9.73 Å². The van der Waals surface area contributed by atoms with Gasteiger partial charge in [-0.2, -0.15) is 0 Å². The third-order valence-corrected chi connectivity index (χ3v) is 5.30. The van der Waals surface area contributed by atoms with Gasteiger partial charge in [0.1, 0.15) is 5.76 Å². The lowest BCUT2D eigenvalue weighted by Gasteiger charge is -2.08. The van der Waals surface area contributed by atoms with E-state index < -0.39 is 0 Å². The van der Waals surface area contributed by atoms with Crippen LogP contribution in [0.1, 0.15) is 36.6 Å². The second-order valence-corrected chi connectivity index (χ2v) is 6.14. The van der Waals surface area contributed by atoms with Crippen LogP contribution in [0.15, 0.2) is 4.42 Å². The topological polar surface area (TPSA) is 38.1 Å². The zero-order valence-corrected chi connectivity index (χ0v) is 10.6. The Morgan fingerprint density at radius 1 is 1.24 bits per heavy atom. The van der Waals surface area contributed by atoms with Crippen LogP contribution in [-0.4, -0.2) is 11.0 Å². The summed E-state index contributed by atoms with van der Waals surface area (Å²) in [6.07, 6.45) is 4.49. The van der Waals surface area contributed by atoms with E-state index in [0.29, 0.717) is 0 Å². The highest BCUT2D eigenvalue weighted by atomic mass is 16.4. The Labute approximate surface area is 102 Å². The molecule has 2 bridgehead atoms. The summed E-state index contributed by atoms with van der Waals surface area (Å²) in [5.41, 5.74) is 1.03. The highest BCUT2D eigenvalue weighted by Crippen LogP contribution is 2.65. The molecule has 3 fully saturated rings. The first kappa shape index (κ1) is 10.1. The number of oxazole rings is 1. The van der Waals surface area contributed by atoms with Gasteiger partial charge in [0.05, 0.1) is 12.2 Å². The van der Waals surface area contributed by atoms with Crippen LogP contribution in [0.3, 0.4) is 0 Å². The first-order valence-corrected chi connectivity index (χ1v) is 6.90. The van der Waals surface area contributed by atoms with Crippen molar-refractivity contribution in [3.05, 3.63) is 17.3 Å². The van der Waals surface area contributed by atoms with Gasteiger partial charge in [0, 0.05) is 6.04 Å². The molecule has 0 saturated heterocycles. The molecule has 3 heteroatoms. The molecule has 3 nitrogen and oxygen atoms in total. The van der Waals surface area contributed by atoms with Crippen LogP contribution in [0.4, 0.5) is 0 Å². The Morgan fingerprint density at radius 3 is 2.53 bits per heavy atom. The van der Waals surface area contributed by atoms with Gasteiger partial charge in [-0.25, -0.2) is 4.98 Å². The Kier molecular flexibility index (Phi) is 1.99. The number of rotatable bonds is 3. The van der Waals surface area contributed by atoms with Crippen LogP contribution in [-0.2, 0) is 6.54 Å². The first-order valence-electron chi connectivity index (χ1n) is 6.90. The number of hydrogen-bond donors (Lipinski definition) is 1. The Hall–Kier alpha value is -0.830. The fourth-order valence-electron chi connectivity index (χ4n) is 4.42. The predicted molar refractivity (Wildman–Crippen MR) is 64.4 cm³/mol. The van der Waals surface area contributed by atoms with Gasteiger partial charge >= 0.3 is 0 Å². The second kappa shape index (κ2) is 3.35. The molecule has 4 rings (SSSR count). The van der Waals surface area contributed by atoms with Crippen molar-refractivity contribution >= 4 is 0 Å². The Bertz CT molecular complexity index is 418. The van der Waals surface area contributed by atoms with Gasteiger partial charge in [-0.1, -0.05) is 0 Å². The summed E-state index contributed by atoms with van der Waals surface area (Å²) in [5, 5.41) is 3.66. The van der Waals surface area contributed by atoms with E-state index in [2.05, 4.69) is 10.3 Å². The summed E-state index contributed by atoms with van der Waals surface area (Å²) in [4.78, 5) is 4.43. The number of nitrogens with one attached hydrogen (secondary N) is 1. The van der Waals surface area contributed by atoms with Crippen LogP contribution in [0, 0.1) is 37.5 Å². The van der Waals surface area contributed by atoms with Gasteiger partial charge in [-0.3, -0.25) is 0 Å². The van der Waals surface area contributed by atoms with Crippen LogP contribution < -0.4 is 5.32 Å². The highest BCUT2D eigenvalue weighted by Gasteiger charge is 2.64. The Balaban J connectivity index is 1.38. The van der Waals surface area contributed by atoms with Gasteiger partial charge in [0.25, 0.3) is 0 Å². The molecule has 0 radical (unpaired) electrons. The molecule has 0 spiro atoms. The van der Waals surface area contributed by atoms with Crippen molar-refractivity contribution in [3.8, 4) is 0 Å². The third-order valence-electron chi connectivity index (χ3n) is 5.30. The van der Waals surface area contributed by atoms with Crippen molar-refractivity contribution in [2.24, 2.45) is 23.7 Å². The molecule has 1 aromatic rings. The maximum Gasteiger partial charge on any atom is 0.208 e. The molecule has 4 atom stereocenters. The number of aromatic nitrogens is 1. The lowest BCUT2D eigenvalue weighted by molar-refractivity contribution is 0.414. The van der Waals surface area contributed by atoms with Gasteiger partial charge in [0.15, 0.2) is 0 Å². The van der Waals surface area contributed by atoms with Crippen molar-refractivity contribution < 1.29 is 4.42 Å². The Morgan fingerprint density at radius 2 is 1.94 bits per heavy atom. The average molecular weight is 232 g/mol. The summed E-state index contributed by atoms with van der Waals surface area (Å²) in [6, 6.07) is 0.772. The molecule has 3 saturated carbocycles. The van der Waals surface area contributed by atoms with E-state index in [9.17, 15) is 0 Å². The molecule has 3 aliphatic rings. The summed E-state index contributed by atoms with van der Waals surface area (Å²) in [7, 11) is 0. The van der Waals surface area contributed by atoms with E-state index in [0.717, 1.165) is 53.6 Å². The van der Waals surface area contributed by atoms with Gasteiger partial charge in [-0.05, 0) is 56.8 Å². The molecule has 0 amide bonds. The van der Waals surface area contributed by atoms with Crippen molar-refractivity contribution in [2.75, 3.05) is 0 Å². The highest BCUT2D eigenvalue weighted by molar-refractivity contribution is 5.17.